The van der Waals surface area contributed by atoms with Crippen molar-refractivity contribution < 1.29 is 17.6 Å². The van der Waals surface area contributed by atoms with Crippen LogP contribution >= 0.6 is 23.2 Å². The number of hydrogen-bond donors (Lipinski definition) is 0. The first kappa shape index (κ1) is 11.6. The monoisotopic (exact) mass is 246 g/mol. The molecule has 1 rings (SSSR count). The molecule has 6 heteroatoms. The minimum Gasteiger partial charge on any atom is -0.183 e. The first-order valence-corrected chi connectivity index (χ1v) is 4.21. The maximum absolute atomic E-state index is 12.4. The van der Waals surface area contributed by atoms with Crippen LogP contribution in [0.5, 0.6) is 0 Å². The van der Waals surface area contributed by atoms with Crippen molar-refractivity contribution in [1.82, 2.24) is 0 Å². The number of alkyl halides is 6. The van der Waals surface area contributed by atoms with E-state index in [2.05, 4.69) is 23.2 Å². The van der Waals surface area contributed by atoms with Crippen LogP contribution in [0.25, 0.3) is 0 Å². The lowest BCUT2D eigenvalue weighted by Gasteiger charge is -2.11. The van der Waals surface area contributed by atoms with Crippen LogP contribution in [0, 0.1) is 0 Å². The van der Waals surface area contributed by atoms with Gasteiger partial charge >= 0.3 is 10.8 Å². The van der Waals surface area contributed by atoms with Gasteiger partial charge in [0.1, 0.15) is 0 Å². The van der Waals surface area contributed by atoms with Crippen LogP contribution in [-0.2, 0) is 10.8 Å². The van der Waals surface area contributed by atoms with Gasteiger partial charge in [0.05, 0.1) is 0 Å². The molecule has 0 aromatic heterocycles. The molecule has 0 aliphatic heterocycles. The van der Waals surface area contributed by atoms with Crippen LogP contribution in [0.2, 0.25) is 0 Å². The van der Waals surface area contributed by atoms with Crippen molar-refractivity contribution in [1.29, 1.82) is 0 Å². The van der Waals surface area contributed by atoms with E-state index in [0.29, 0.717) is 0 Å². The average Bonchev–Trinajstić information content (AvgIpc) is 2.01. The zero-order valence-electron chi connectivity index (χ0n) is 6.58. The highest BCUT2D eigenvalue weighted by molar-refractivity contribution is 6.22. The van der Waals surface area contributed by atoms with Crippen LogP contribution in [0.1, 0.15) is 11.1 Å². The Balaban J connectivity index is 3.02. The van der Waals surface area contributed by atoms with Gasteiger partial charge in [0.2, 0.25) is 0 Å². The molecule has 0 heterocycles. The third-order valence-electron chi connectivity index (χ3n) is 1.54. The second-order valence-electron chi connectivity index (χ2n) is 2.57. The number of halogens is 6. The second kappa shape index (κ2) is 3.59. The maximum Gasteiger partial charge on any atom is 0.348 e. The Hall–Kier alpha value is -0.480. The third-order valence-corrected chi connectivity index (χ3v) is 1.98. The Bertz CT molecular complexity index is 277. The predicted octanol–water partition coefficient (Wildman–Crippen LogP) is 4.26. The number of benzene rings is 1. The van der Waals surface area contributed by atoms with E-state index in [4.69, 9.17) is 0 Å². The molecule has 0 nitrogen and oxygen atoms in total. The molecular weight excluding hydrogens is 243 g/mol. The van der Waals surface area contributed by atoms with E-state index < -0.39 is 21.9 Å². The fourth-order valence-electron chi connectivity index (χ4n) is 0.848. The summed E-state index contributed by atoms with van der Waals surface area (Å²) in [6.07, 6.45) is 0. The van der Waals surface area contributed by atoms with Gasteiger partial charge < -0.3 is 0 Å². The fraction of sp³-hybridized carbons (Fsp3) is 0.250. The molecule has 0 radical (unpaired) electrons. The molecule has 14 heavy (non-hydrogen) atoms. The van der Waals surface area contributed by atoms with Gasteiger partial charge in [-0.15, -0.1) is 0 Å². The zero-order valence-corrected chi connectivity index (χ0v) is 8.09. The topological polar surface area (TPSA) is 0 Å². The van der Waals surface area contributed by atoms with Crippen molar-refractivity contribution in [3.05, 3.63) is 35.4 Å². The van der Waals surface area contributed by atoms with Gasteiger partial charge in [0.15, 0.2) is 0 Å². The van der Waals surface area contributed by atoms with Crippen molar-refractivity contribution in [2.45, 2.75) is 10.8 Å². The van der Waals surface area contributed by atoms with Crippen molar-refractivity contribution >= 4 is 23.2 Å². The molecule has 0 aliphatic carbocycles. The summed E-state index contributed by atoms with van der Waals surface area (Å²) in [6, 6.07) is 3.22. The molecule has 0 unspecified atom stereocenters. The van der Waals surface area contributed by atoms with Crippen LogP contribution in [-0.4, -0.2) is 0 Å². The average molecular weight is 247 g/mol. The molecule has 1 aromatic rings. The Morgan fingerprint density at radius 1 is 0.714 bits per heavy atom. The second-order valence-corrected chi connectivity index (χ2v) is 3.52. The van der Waals surface area contributed by atoms with Gasteiger partial charge in [-0.2, -0.15) is 17.6 Å². The molecule has 78 valence electrons. The summed E-state index contributed by atoms with van der Waals surface area (Å²) in [5, 5.41) is -7.11. The first-order chi connectivity index (χ1) is 6.21. The molecule has 0 saturated carbocycles. The van der Waals surface area contributed by atoms with Crippen molar-refractivity contribution in [3.63, 3.8) is 0 Å². The van der Waals surface area contributed by atoms with E-state index >= 15 is 0 Å². The summed E-state index contributed by atoms with van der Waals surface area (Å²) < 4.78 is 49.7. The molecule has 0 spiro atoms. The Morgan fingerprint density at radius 2 is 0.929 bits per heavy atom. The molecule has 0 saturated heterocycles. The predicted molar refractivity (Wildman–Crippen MR) is 45.9 cm³/mol. The molecule has 0 amide bonds. The van der Waals surface area contributed by atoms with Gasteiger partial charge in [-0.3, -0.25) is 0 Å². The number of rotatable bonds is 2. The summed E-state index contributed by atoms with van der Waals surface area (Å²) in [6.45, 7) is 0. The van der Waals surface area contributed by atoms with Crippen molar-refractivity contribution in [2.24, 2.45) is 0 Å². The highest BCUT2D eigenvalue weighted by atomic mass is 35.5. The van der Waals surface area contributed by atoms with Crippen LogP contribution in [0.3, 0.4) is 0 Å². The number of hydrogen-bond acceptors (Lipinski definition) is 0. The third kappa shape index (κ3) is 2.75. The normalized spacial score (nSPS) is 13.0. The van der Waals surface area contributed by atoms with Gasteiger partial charge in [0, 0.05) is 11.1 Å². The lowest BCUT2D eigenvalue weighted by molar-refractivity contribution is 0.0906. The van der Waals surface area contributed by atoms with Gasteiger partial charge in [-0.1, -0.05) is 24.3 Å². The molecule has 0 atom stereocenters. The summed E-state index contributed by atoms with van der Waals surface area (Å²) in [4.78, 5) is 0. The van der Waals surface area contributed by atoms with Crippen LogP contribution < -0.4 is 0 Å². The zero-order chi connectivity index (χ0) is 11.0. The minimum atomic E-state index is -3.56. The summed E-state index contributed by atoms with van der Waals surface area (Å²) in [5.74, 6) is 0. The Labute approximate surface area is 87.4 Å². The highest BCUT2D eigenvalue weighted by Crippen LogP contribution is 2.36. The molecule has 0 N–H and O–H groups in total. The van der Waals surface area contributed by atoms with Gasteiger partial charge in [-0.25, -0.2) is 0 Å². The van der Waals surface area contributed by atoms with Crippen molar-refractivity contribution in [2.75, 3.05) is 0 Å². The van der Waals surface area contributed by atoms with E-state index in [0.717, 1.165) is 24.3 Å². The lowest BCUT2D eigenvalue weighted by Crippen LogP contribution is -2.06. The van der Waals surface area contributed by atoms with E-state index in [1.807, 2.05) is 0 Å². The molecule has 1 aromatic carbocycles. The maximum atomic E-state index is 12.4. The molecule has 0 bridgehead atoms. The largest absolute Gasteiger partial charge is 0.348 e. The lowest BCUT2D eigenvalue weighted by atomic mass is 10.1. The van der Waals surface area contributed by atoms with E-state index in [1.165, 1.54) is 0 Å². The van der Waals surface area contributed by atoms with Crippen LogP contribution in [0.4, 0.5) is 17.6 Å². The molecular formula is C8H4Cl2F4. The summed E-state index contributed by atoms with van der Waals surface area (Å²) in [5.41, 5.74) is -1.10. The fourth-order valence-corrected chi connectivity index (χ4v) is 1.10. The summed E-state index contributed by atoms with van der Waals surface area (Å²) in [7, 11) is 0. The SMILES string of the molecule is FC(F)(Cl)c1ccc(C(F)(F)Cl)cc1. The van der Waals surface area contributed by atoms with Crippen LogP contribution in [0.15, 0.2) is 24.3 Å². The molecule has 0 fully saturated rings. The van der Waals surface area contributed by atoms with Gasteiger partial charge in [-0.05, 0) is 23.2 Å². The van der Waals surface area contributed by atoms with Gasteiger partial charge in [0.25, 0.3) is 0 Å². The van der Waals surface area contributed by atoms with Crippen molar-refractivity contribution in [3.8, 4) is 0 Å². The highest BCUT2D eigenvalue weighted by Gasteiger charge is 2.31. The molecule has 0 aliphatic rings. The Kier molecular flexibility index (Phi) is 2.97. The van der Waals surface area contributed by atoms with E-state index in [1.54, 1.807) is 0 Å². The Morgan fingerprint density at radius 3 is 1.07 bits per heavy atom. The van der Waals surface area contributed by atoms with E-state index in [-0.39, 0.29) is 0 Å². The summed E-state index contributed by atoms with van der Waals surface area (Å²) >= 11 is 9.34. The minimum absolute atomic E-state index is 0.552. The van der Waals surface area contributed by atoms with E-state index in [9.17, 15) is 17.6 Å². The standard InChI is InChI=1S/C8H4Cl2F4/c9-7(11,12)5-1-2-6(4-3-5)8(10,13)14/h1-4H. The first-order valence-electron chi connectivity index (χ1n) is 3.46. The smallest absolute Gasteiger partial charge is 0.183 e. The quantitative estimate of drug-likeness (QED) is 0.541.